The maximum Gasteiger partial charge on any atom is 0.197 e. The van der Waals surface area contributed by atoms with Gasteiger partial charge in [0.1, 0.15) is 0 Å². The molecule has 2 rings (SSSR count). The molecule has 0 radical (unpaired) electrons. The van der Waals surface area contributed by atoms with Gasteiger partial charge >= 0.3 is 0 Å². The summed E-state index contributed by atoms with van der Waals surface area (Å²) < 4.78 is 9.90. The molecule has 0 spiro atoms. The van der Waals surface area contributed by atoms with E-state index >= 15 is 0 Å². The van der Waals surface area contributed by atoms with Crippen molar-refractivity contribution < 1.29 is 4.74 Å². The molecular formula is C13H24N4OS. The fraction of sp³-hybridized carbons (Fsp3) is 0.769. The Morgan fingerprint density at radius 1 is 1.58 bits per heavy atom. The van der Waals surface area contributed by atoms with Crippen molar-refractivity contribution in [1.29, 1.82) is 0 Å². The lowest BCUT2D eigenvalue weighted by Gasteiger charge is -2.23. The third-order valence-corrected chi connectivity index (χ3v) is 4.23. The van der Waals surface area contributed by atoms with Crippen molar-refractivity contribution in [3.63, 3.8) is 0 Å². The second-order valence-electron chi connectivity index (χ2n) is 5.20. The zero-order chi connectivity index (χ0) is 13.8. The van der Waals surface area contributed by atoms with Gasteiger partial charge in [0.05, 0.1) is 6.10 Å². The molecule has 5 nitrogen and oxygen atoms in total. The lowest BCUT2D eigenvalue weighted by molar-refractivity contribution is 0.245. The van der Waals surface area contributed by atoms with E-state index in [1.807, 2.05) is 13.8 Å². The number of ether oxygens (including phenoxy) is 1. The van der Waals surface area contributed by atoms with Crippen LogP contribution in [0.3, 0.4) is 0 Å². The quantitative estimate of drug-likeness (QED) is 0.840. The molecule has 2 heterocycles. The summed E-state index contributed by atoms with van der Waals surface area (Å²) in [6.45, 7) is 9.48. The Bertz CT molecular complexity index is 407. The van der Waals surface area contributed by atoms with Gasteiger partial charge in [0, 0.05) is 12.6 Å². The third kappa shape index (κ3) is 3.51. The summed E-state index contributed by atoms with van der Waals surface area (Å²) in [6.07, 6.45) is 2.66. The zero-order valence-corrected chi connectivity index (χ0v) is 12.8. The smallest absolute Gasteiger partial charge is 0.197 e. The summed E-state index contributed by atoms with van der Waals surface area (Å²) in [7, 11) is 0. The highest BCUT2D eigenvalue weighted by atomic mass is 32.1. The van der Waals surface area contributed by atoms with Gasteiger partial charge in [-0.2, -0.15) is 4.37 Å². The minimum Gasteiger partial charge on any atom is -0.484 e. The van der Waals surface area contributed by atoms with Crippen LogP contribution in [0.25, 0.3) is 0 Å². The summed E-state index contributed by atoms with van der Waals surface area (Å²) in [6, 6.07) is 0.611. The second kappa shape index (κ2) is 6.43. The Hall–Kier alpha value is -1.01. The van der Waals surface area contributed by atoms with Crippen LogP contribution in [0, 0.1) is 0 Å². The number of nitrogens with two attached hydrogens (primary N) is 1. The highest BCUT2D eigenvalue weighted by molar-refractivity contribution is 7.11. The van der Waals surface area contributed by atoms with Crippen LogP contribution in [0.15, 0.2) is 0 Å². The molecule has 0 saturated carbocycles. The van der Waals surface area contributed by atoms with Crippen LogP contribution in [0.2, 0.25) is 0 Å². The predicted molar refractivity (Wildman–Crippen MR) is 81.0 cm³/mol. The maximum absolute atomic E-state index is 5.85. The van der Waals surface area contributed by atoms with Crippen molar-refractivity contribution in [3.05, 3.63) is 0 Å². The number of nitrogens with zero attached hydrogens (tertiary/aromatic N) is 2. The first-order valence-corrected chi connectivity index (χ1v) is 7.78. The second-order valence-corrected chi connectivity index (χ2v) is 5.97. The Labute approximate surface area is 119 Å². The van der Waals surface area contributed by atoms with E-state index in [0.29, 0.717) is 17.6 Å². The summed E-state index contributed by atoms with van der Waals surface area (Å²) in [5.41, 5.74) is 5.85. The van der Waals surface area contributed by atoms with E-state index in [1.165, 1.54) is 30.9 Å². The topological polar surface area (TPSA) is 63.4 Å². The van der Waals surface area contributed by atoms with Gasteiger partial charge in [-0.15, -0.1) is 0 Å². The number of rotatable bonds is 6. The number of nitrogens with one attached hydrogen (secondary N) is 1. The fourth-order valence-corrected chi connectivity index (χ4v) is 3.17. The highest BCUT2D eigenvalue weighted by Gasteiger charge is 2.23. The van der Waals surface area contributed by atoms with Crippen LogP contribution in [-0.2, 0) is 0 Å². The molecule has 0 aliphatic carbocycles. The fourth-order valence-electron chi connectivity index (χ4n) is 2.51. The lowest BCUT2D eigenvalue weighted by atomic mass is 10.2. The molecule has 108 valence electrons. The number of likely N-dealkylation sites (tertiary alicyclic amines) is 1. The predicted octanol–water partition coefficient (Wildman–Crippen LogP) is 2.41. The van der Waals surface area contributed by atoms with Gasteiger partial charge in [0.25, 0.3) is 0 Å². The van der Waals surface area contributed by atoms with E-state index in [0.717, 1.165) is 18.1 Å². The number of hydrogen-bond acceptors (Lipinski definition) is 6. The van der Waals surface area contributed by atoms with Crippen molar-refractivity contribution in [2.45, 2.75) is 45.8 Å². The van der Waals surface area contributed by atoms with Crippen molar-refractivity contribution in [2.75, 3.05) is 30.7 Å². The Morgan fingerprint density at radius 3 is 3.05 bits per heavy atom. The van der Waals surface area contributed by atoms with Gasteiger partial charge < -0.3 is 15.8 Å². The first-order valence-electron chi connectivity index (χ1n) is 7.01. The molecule has 1 aliphatic rings. The van der Waals surface area contributed by atoms with Gasteiger partial charge in [0.15, 0.2) is 16.6 Å². The average molecular weight is 284 g/mol. The molecule has 1 aromatic rings. The third-order valence-electron chi connectivity index (χ3n) is 3.43. The van der Waals surface area contributed by atoms with E-state index in [2.05, 4.69) is 21.5 Å². The monoisotopic (exact) mass is 284 g/mol. The molecule has 1 aromatic heterocycles. The molecule has 1 atom stereocenters. The minimum absolute atomic E-state index is 0.109. The number of likely N-dealkylation sites (N-methyl/N-ethyl adjacent to an activating group) is 1. The highest BCUT2D eigenvalue weighted by Crippen LogP contribution is 2.36. The molecule has 1 unspecified atom stereocenters. The van der Waals surface area contributed by atoms with Crippen molar-refractivity contribution >= 4 is 22.4 Å². The molecule has 19 heavy (non-hydrogen) atoms. The first kappa shape index (κ1) is 14.4. The SMILES string of the molecule is CCN1CCCC1CNc1snc(N)c1OC(C)C. The van der Waals surface area contributed by atoms with Crippen molar-refractivity contribution in [1.82, 2.24) is 9.27 Å². The zero-order valence-electron chi connectivity index (χ0n) is 12.0. The Balaban J connectivity index is 1.95. The van der Waals surface area contributed by atoms with E-state index in [1.54, 1.807) is 0 Å². The molecule has 1 fully saturated rings. The summed E-state index contributed by atoms with van der Waals surface area (Å²) >= 11 is 1.38. The average Bonchev–Trinajstić information content (AvgIpc) is 2.95. The van der Waals surface area contributed by atoms with Gasteiger partial charge in [-0.25, -0.2) is 0 Å². The Kier molecular flexibility index (Phi) is 4.87. The van der Waals surface area contributed by atoms with Crippen LogP contribution in [0.4, 0.5) is 10.8 Å². The van der Waals surface area contributed by atoms with Crippen LogP contribution in [-0.4, -0.2) is 41.1 Å². The summed E-state index contributed by atoms with van der Waals surface area (Å²) in [5.74, 6) is 1.20. The Morgan fingerprint density at radius 2 is 2.37 bits per heavy atom. The number of anilines is 2. The maximum atomic E-state index is 5.85. The summed E-state index contributed by atoms with van der Waals surface area (Å²) in [5, 5.41) is 4.41. The lowest BCUT2D eigenvalue weighted by Crippen LogP contribution is -2.34. The van der Waals surface area contributed by atoms with Gasteiger partial charge in [-0.3, -0.25) is 4.90 Å². The number of nitrogen functional groups attached to an aromatic ring is 1. The normalized spacial score (nSPS) is 20.1. The van der Waals surface area contributed by atoms with E-state index in [-0.39, 0.29) is 6.10 Å². The van der Waals surface area contributed by atoms with Gasteiger partial charge in [-0.05, 0) is 51.3 Å². The molecule has 6 heteroatoms. The van der Waals surface area contributed by atoms with E-state index in [9.17, 15) is 0 Å². The molecule has 0 amide bonds. The summed E-state index contributed by atoms with van der Waals surface area (Å²) in [4.78, 5) is 2.51. The largest absolute Gasteiger partial charge is 0.484 e. The van der Waals surface area contributed by atoms with E-state index < -0.39 is 0 Å². The van der Waals surface area contributed by atoms with Gasteiger partial charge in [-0.1, -0.05) is 6.92 Å². The molecule has 0 aromatic carbocycles. The van der Waals surface area contributed by atoms with Crippen LogP contribution >= 0.6 is 11.5 Å². The van der Waals surface area contributed by atoms with Crippen LogP contribution in [0.5, 0.6) is 5.75 Å². The van der Waals surface area contributed by atoms with Crippen molar-refractivity contribution in [3.8, 4) is 5.75 Å². The first-order chi connectivity index (χ1) is 9.11. The molecule has 3 N–H and O–H groups in total. The van der Waals surface area contributed by atoms with Crippen LogP contribution in [0.1, 0.15) is 33.6 Å². The minimum atomic E-state index is 0.109. The molecule has 1 saturated heterocycles. The van der Waals surface area contributed by atoms with Crippen LogP contribution < -0.4 is 15.8 Å². The van der Waals surface area contributed by atoms with Gasteiger partial charge in [0.2, 0.25) is 0 Å². The van der Waals surface area contributed by atoms with E-state index in [4.69, 9.17) is 10.5 Å². The molecular weight excluding hydrogens is 260 g/mol. The number of aromatic nitrogens is 1. The standard InChI is InChI=1S/C13H24N4OS/c1-4-17-7-5-6-10(17)8-15-13-11(18-9(2)3)12(14)16-19-13/h9-10,15H,4-8H2,1-3H3,(H2,14,16). The van der Waals surface area contributed by atoms with Crippen molar-refractivity contribution in [2.24, 2.45) is 0 Å². The molecule has 1 aliphatic heterocycles. The number of hydrogen-bond donors (Lipinski definition) is 2. The molecule has 0 bridgehead atoms.